The number of rotatable bonds is 2. The summed E-state index contributed by atoms with van der Waals surface area (Å²) in [6, 6.07) is 6.72. The van der Waals surface area contributed by atoms with Gasteiger partial charge in [0.2, 0.25) is 5.95 Å². The molecular formula is C15H11F2N3O. The van der Waals surface area contributed by atoms with Gasteiger partial charge in [0.25, 0.3) is 0 Å². The third kappa shape index (κ3) is 2.35. The lowest BCUT2D eigenvalue weighted by atomic mass is 10.0. The van der Waals surface area contributed by atoms with Gasteiger partial charge in [-0.15, -0.1) is 0 Å². The zero-order chi connectivity index (χ0) is 15.0. The van der Waals surface area contributed by atoms with Crippen molar-refractivity contribution in [2.45, 2.75) is 0 Å². The minimum atomic E-state index is -0.663. The third-order valence-electron chi connectivity index (χ3n) is 3.14. The number of fused-ring (bicyclic) bond motifs is 1. The Hall–Kier alpha value is -2.76. The molecule has 0 saturated carbocycles. The second-order valence-corrected chi connectivity index (χ2v) is 4.46. The molecule has 0 radical (unpaired) electrons. The summed E-state index contributed by atoms with van der Waals surface area (Å²) >= 11 is 0. The van der Waals surface area contributed by atoms with Crippen molar-refractivity contribution in [3.05, 3.63) is 48.2 Å². The second kappa shape index (κ2) is 4.97. The Kier molecular flexibility index (Phi) is 3.13. The van der Waals surface area contributed by atoms with Crippen LogP contribution in [-0.4, -0.2) is 17.1 Å². The highest BCUT2D eigenvalue weighted by molar-refractivity contribution is 5.88. The molecule has 106 valence electrons. The monoisotopic (exact) mass is 287 g/mol. The summed E-state index contributed by atoms with van der Waals surface area (Å²) in [6.45, 7) is 0. The third-order valence-corrected chi connectivity index (χ3v) is 3.14. The molecule has 3 rings (SSSR count). The molecule has 0 saturated heterocycles. The predicted molar refractivity (Wildman–Crippen MR) is 75.9 cm³/mol. The van der Waals surface area contributed by atoms with Crippen molar-refractivity contribution >= 4 is 16.9 Å². The zero-order valence-corrected chi connectivity index (χ0v) is 11.1. The van der Waals surface area contributed by atoms with Crippen molar-refractivity contribution in [2.24, 2.45) is 0 Å². The van der Waals surface area contributed by atoms with Crippen molar-refractivity contribution in [1.82, 2.24) is 9.97 Å². The number of halogens is 2. The van der Waals surface area contributed by atoms with Crippen molar-refractivity contribution in [3.8, 4) is 16.9 Å². The van der Waals surface area contributed by atoms with E-state index in [2.05, 4.69) is 9.97 Å². The van der Waals surface area contributed by atoms with E-state index in [0.717, 1.165) is 6.07 Å². The lowest BCUT2D eigenvalue weighted by Crippen LogP contribution is -1.96. The maximum Gasteiger partial charge on any atom is 0.220 e. The van der Waals surface area contributed by atoms with Gasteiger partial charge in [0.1, 0.15) is 17.4 Å². The van der Waals surface area contributed by atoms with Crippen molar-refractivity contribution in [2.75, 3.05) is 12.8 Å². The molecule has 0 atom stereocenters. The average Bonchev–Trinajstić information content (AvgIpc) is 2.46. The maximum absolute atomic E-state index is 14.0. The summed E-state index contributed by atoms with van der Waals surface area (Å²) in [6.07, 6.45) is 1.54. The van der Waals surface area contributed by atoms with Crippen LogP contribution >= 0.6 is 0 Å². The fourth-order valence-corrected chi connectivity index (χ4v) is 2.16. The highest BCUT2D eigenvalue weighted by atomic mass is 19.1. The van der Waals surface area contributed by atoms with Gasteiger partial charge in [-0.1, -0.05) is 0 Å². The topological polar surface area (TPSA) is 61.0 Å². The summed E-state index contributed by atoms with van der Waals surface area (Å²) in [5.41, 5.74) is 6.87. The SMILES string of the molecule is COc1cc2nc(N)ncc2cc1-c1ccc(F)cc1F. The van der Waals surface area contributed by atoms with Gasteiger partial charge in [-0.3, -0.25) is 0 Å². The highest BCUT2D eigenvalue weighted by Crippen LogP contribution is 2.35. The number of nitrogen functional groups attached to an aromatic ring is 1. The van der Waals surface area contributed by atoms with Crippen LogP contribution in [0.1, 0.15) is 0 Å². The second-order valence-electron chi connectivity index (χ2n) is 4.46. The molecular weight excluding hydrogens is 276 g/mol. The summed E-state index contributed by atoms with van der Waals surface area (Å²) in [5.74, 6) is -0.729. The first kappa shape index (κ1) is 13.2. The molecule has 4 nitrogen and oxygen atoms in total. The van der Waals surface area contributed by atoms with E-state index in [1.165, 1.54) is 19.2 Å². The minimum absolute atomic E-state index is 0.144. The van der Waals surface area contributed by atoms with Gasteiger partial charge in [-0.2, -0.15) is 0 Å². The molecule has 2 aromatic carbocycles. The van der Waals surface area contributed by atoms with E-state index in [4.69, 9.17) is 10.5 Å². The Balaban J connectivity index is 2.28. The van der Waals surface area contributed by atoms with Crippen LogP contribution in [0.4, 0.5) is 14.7 Å². The van der Waals surface area contributed by atoms with Crippen LogP contribution in [0.15, 0.2) is 36.5 Å². The number of anilines is 1. The van der Waals surface area contributed by atoms with E-state index in [1.54, 1.807) is 18.3 Å². The number of hydrogen-bond donors (Lipinski definition) is 1. The predicted octanol–water partition coefficient (Wildman–Crippen LogP) is 3.17. The molecule has 1 aromatic heterocycles. The van der Waals surface area contributed by atoms with E-state index in [9.17, 15) is 8.78 Å². The highest BCUT2D eigenvalue weighted by Gasteiger charge is 2.13. The number of benzene rings is 2. The molecule has 0 aliphatic carbocycles. The number of nitrogens with two attached hydrogens (primary N) is 1. The maximum atomic E-state index is 14.0. The molecule has 0 fully saturated rings. The number of nitrogens with zero attached hydrogens (tertiary/aromatic N) is 2. The van der Waals surface area contributed by atoms with Crippen LogP contribution in [0.2, 0.25) is 0 Å². The van der Waals surface area contributed by atoms with Crippen molar-refractivity contribution in [1.29, 1.82) is 0 Å². The Morgan fingerprint density at radius 2 is 1.90 bits per heavy atom. The van der Waals surface area contributed by atoms with E-state index < -0.39 is 11.6 Å². The first-order valence-electron chi connectivity index (χ1n) is 6.14. The Bertz CT molecular complexity index is 837. The number of aromatic nitrogens is 2. The quantitative estimate of drug-likeness (QED) is 0.786. The van der Waals surface area contributed by atoms with Crippen LogP contribution in [0.25, 0.3) is 22.0 Å². The fraction of sp³-hybridized carbons (Fsp3) is 0.0667. The lowest BCUT2D eigenvalue weighted by Gasteiger charge is -2.11. The Morgan fingerprint density at radius 3 is 2.62 bits per heavy atom. The zero-order valence-electron chi connectivity index (χ0n) is 11.1. The van der Waals surface area contributed by atoms with Gasteiger partial charge in [0, 0.05) is 34.8 Å². The van der Waals surface area contributed by atoms with Crippen molar-refractivity contribution < 1.29 is 13.5 Å². The Morgan fingerprint density at radius 1 is 1.10 bits per heavy atom. The number of ether oxygens (including phenoxy) is 1. The van der Waals surface area contributed by atoms with Gasteiger partial charge >= 0.3 is 0 Å². The van der Waals surface area contributed by atoms with Gasteiger partial charge < -0.3 is 10.5 Å². The van der Waals surface area contributed by atoms with Gasteiger partial charge in [0.15, 0.2) is 0 Å². The van der Waals surface area contributed by atoms with Crippen LogP contribution < -0.4 is 10.5 Å². The van der Waals surface area contributed by atoms with Gasteiger partial charge in [-0.25, -0.2) is 18.7 Å². The summed E-state index contributed by atoms with van der Waals surface area (Å²) < 4.78 is 32.3. The molecule has 2 N–H and O–H groups in total. The molecule has 1 heterocycles. The molecule has 0 spiro atoms. The molecule has 3 aromatic rings. The standard InChI is InChI=1S/C15H11F2N3O/c1-21-14-6-13-8(7-19-15(18)20-13)4-11(14)10-3-2-9(16)5-12(10)17/h2-7H,1H3,(H2,18,19,20). The lowest BCUT2D eigenvalue weighted by molar-refractivity contribution is 0.416. The van der Waals surface area contributed by atoms with Crippen LogP contribution in [0.3, 0.4) is 0 Å². The van der Waals surface area contributed by atoms with Gasteiger partial charge in [0.05, 0.1) is 12.6 Å². The van der Waals surface area contributed by atoms with Crippen molar-refractivity contribution in [3.63, 3.8) is 0 Å². The van der Waals surface area contributed by atoms with E-state index in [-0.39, 0.29) is 11.5 Å². The molecule has 0 unspecified atom stereocenters. The smallest absolute Gasteiger partial charge is 0.220 e. The van der Waals surface area contributed by atoms with Crippen LogP contribution in [0.5, 0.6) is 5.75 Å². The average molecular weight is 287 g/mol. The largest absolute Gasteiger partial charge is 0.496 e. The first-order valence-corrected chi connectivity index (χ1v) is 6.14. The molecule has 0 bridgehead atoms. The summed E-state index contributed by atoms with van der Waals surface area (Å²) in [4.78, 5) is 7.99. The van der Waals surface area contributed by atoms with Crippen LogP contribution in [-0.2, 0) is 0 Å². The number of hydrogen-bond acceptors (Lipinski definition) is 4. The number of methoxy groups -OCH3 is 1. The molecule has 21 heavy (non-hydrogen) atoms. The first-order chi connectivity index (χ1) is 10.1. The summed E-state index contributed by atoms with van der Waals surface area (Å²) in [7, 11) is 1.47. The molecule has 0 aliphatic rings. The molecule has 0 aliphatic heterocycles. The van der Waals surface area contributed by atoms with E-state index in [1.807, 2.05) is 0 Å². The molecule has 0 amide bonds. The summed E-state index contributed by atoms with van der Waals surface area (Å²) in [5, 5.41) is 0.684. The minimum Gasteiger partial charge on any atom is -0.496 e. The fourth-order valence-electron chi connectivity index (χ4n) is 2.16. The van der Waals surface area contributed by atoms with Gasteiger partial charge in [-0.05, 0) is 18.2 Å². The van der Waals surface area contributed by atoms with Crippen LogP contribution in [0, 0.1) is 11.6 Å². The Labute approximate surface area is 119 Å². The van der Waals surface area contributed by atoms with E-state index in [0.29, 0.717) is 22.2 Å². The normalized spacial score (nSPS) is 10.8. The molecule has 6 heteroatoms. The van der Waals surface area contributed by atoms with E-state index >= 15 is 0 Å².